The van der Waals surface area contributed by atoms with Gasteiger partial charge in [0.05, 0.1) is 19.8 Å². The number of benzene rings is 1. The molecular weight excluding hydrogens is 308 g/mol. The summed E-state index contributed by atoms with van der Waals surface area (Å²) in [5.41, 5.74) is 1.23. The lowest BCUT2D eigenvalue weighted by Gasteiger charge is -2.18. The molecule has 1 N–H and O–H groups in total. The smallest absolute Gasteiger partial charge is 0.256 e. The molecular formula is C17H22N4O3. The number of nitrogens with one attached hydrogen (secondary N) is 1. The van der Waals surface area contributed by atoms with Gasteiger partial charge in [0.2, 0.25) is 5.95 Å². The second kappa shape index (κ2) is 8.14. The third-order valence-corrected chi connectivity index (χ3v) is 3.59. The largest absolute Gasteiger partial charge is 0.493 e. The number of hydrogen-bond acceptors (Lipinski definition) is 6. The SMILES string of the molecule is CCN(CC)C(=O)c1cnc(Nc2ccc(OC)c(OC)c2)nc1. The van der Waals surface area contributed by atoms with Crippen LogP contribution in [-0.4, -0.2) is 48.1 Å². The Morgan fingerprint density at radius 2 is 1.71 bits per heavy atom. The van der Waals surface area contributed by atoms with Crippen molar-refractivity contribution in [3.63, 3.8) is 0 Å². The van der Waals surface area contributed by atoms with Crippen LogP contribution >= 0.6 is 0 Å². The predicted octanol–water partition coefficient (Wildman–Crippen LogP) is 2.72. The Labute approximate surface area is 141 Å². The average molecular weight is 330 g/mol. The van der Waals surface area contributed by atoms with E-state index in [0.717, 1.165) is 5.69 Å². The lowest BCUT2D eigenvalue weighted by atomic mass is 10.2. The fraction of sp³-hybridized carbons (Fsp3) is 0.353. The normalized spacial score (nSPS) is 10.2. The van der Waals surface area contributed by atoms with Gasteiger partial charge in [-0.2, -0.15) is 0 Å². The van der Waals surface area contributed by atoms with Gasteiger partial charge in [0.1, 0.15) is 0 Å². The summed E-state index contributed by atoms with van der Waals surface area (Å²) in [4.78, 5) is 22.4. The lowest BCUT2D eigenvalue weighted by Crippen LogP contribution is -2.30. The summed E-state index contributed by atoms with van der Waals surface area (Å²) in [6.07, 6.45) is 3.05. The molecule has 0 spiro atoms. The summed E-state index contributed by atoms with van der Waals surface area (Å²) in [6.45, 7) is 5.19. The second-order valence-corrected chi connectivity index (χ2v) is 4.97. The van der Waals surface area contributed by atoms with Crippen LogP contribution in [0.1, 0.15) is 24.2 Å². The van der Waals surface area contributed by atoms with Crippen molar-refractivity contribution in [1.82, 2.24) is 14.9 Å². The number of nitrogens with zero attached hydrogens (tertiary/aromatic N) is 3. The van der Waals surface area contributed by atoms with Crippen LogP contribution in [0.4, 0.5) is 11.6 Å². The fourth-order valence-corrected chi connectivity index (χ4v) is 2.24. The molecule has 0 bridgehead atoms. The molecule has 2 rings (SSSR count). The van der Waals surface area contributed by atoms with Gasteiger partial charge < -0.3 is 19.7 Å². The van der Waals surface area contributed by atoms with Gasteiger partial charge in [-0.25, -0.2) is 9.97 Å². The molecule has 0 aliphatic carbocycles. The van der Waals surface area contributed by atoms with E-state index in [1.165, 1.54) is 12.4 Å². The maximum atomic E-state index is 12.2. The predicted molar refractivity (Wildman–Crippen MR) is 92.1 cm³/mol. The zero-order chi connectivity index (χ0) is 17.5. The zero-order valence-corrected chi connectivity index (χ0v) is 14.4. The number of amides is 1. The summed E-state index contributed by atoms with van der Waals surface area (Å²) >= 11 is 0. The van der Waals surface area contributed by atoms with Gasteiger partial charge in [-0.3, -0.25) is 4.79 Å². The number of ether oxygens (including phenoxy) is 2. The first-order valence-electron chi connectivity index (χ1n) is 7.73. The number of aromatic nitrogens is 2. The molecule has 7 heteroatoms. The lowest BCUT2D eigenvalue weighted by molar-refractivity contribution is 0.0772. The molecule has 1 heterocycles. The topological polar surface area (TPSA) is 76.6 Å². The molecule has 24 heavy (non-hydrogen) atoms. The van der Waals surface area contributed by atoms with E-state index < -0.39 is 0 Å². The highest BCUT2D eigenvalue weighted by molar-refractivity contribution is 5.93. The first-order valence-corrected chi connectivity index (χ1v) is 7.73. The number of hydrogen-bond donors (Lipinski definition) is 1. The molecule has 1 aromatic carbocycles. The highest BCUT2D eigenvalue weighted by atomic mass is 16.5. The van der Waals surface area contributed by atoms with Crippen LogP contribution in [-0.2, 0) is 0 Å². The zero-order valence-electron chi connectivity index (χ0n) is 14.4. The molecule has 0 fully saturated rings. The summed E-state index contributed by atoms with van der Waals surface area (Å²) in [7, 11) is 3.16. The minimum Gasteiger partial charge on any atom is -0.493 e. The third kappa shape index (κ3) is 3.92. The number of anilines is 2. The van der Waals surface area contributed by atoms with Crippen LogP contribution < -0.4 is 14.8 Å². The van der Waals surface area contributed by atoms with Crippen molar-refractivity contribution >= 4 is 17.5 Å². The van der Waals surface area contributed by atoms with Crippen LogP contribution in [0.15, 0.2) is 30.6 Å². The Bertz CT molecular complexity index is 685. The van der Waals surface area contributed by atoms with E-state index in [2.05, 4.69) is 15.3 Å². The summed E-state index contributed by atoms with van der Waals surface area (Å²) < 4.78 is 10.5. The summed E-state index contributed by atoms with van der Waals surface area (Å²) in [5.74, 6) is 1.58. The third-order valence-electron chi connectivity index (χ3n) is 3.59. The van der Waals surface area contributed by atoms with E-state index in [-0.39, 0.29) is 5.91 Å². The van der Waals surface area contributed by atoms with Crippen molar-refractivity contribution in [1.29, 1.82) is 0 Å². The molecule has 7 nitrogen and oxygen atoms in total. The minimum atomic E-state index is -0.0716. The Balaban J connectivity index is 2.13. The minimum absolute atomic E-state index is 0.0716. The van der Waals surface area contributed by atoms with Crippen molar-refractivity contribution in [2.75, 3.05) is 32.6 Å². The maximum absolute atomic E-state index is 12.2. The van der Waals surface area contributed by atoms with Crippen LogP contribution in [0.5, 0.6) is 11.5 Å². The van der Waals surface area contributed by atoms with Gasteiger partial charge in [-0.15, -0.1) is 0 Å². The Kier molecular flexibility index (Phi) is 5.95. The van der Waals surface area contributed by atoms with Crippen LogP contribution in [0.2, 0.25) is 0 Å². The van der Waals surface area contributed by atoms with Crippen molar-refractivity contribution in [3.05, 3.63) is 36.2 Å². The quantitative estimate of drug-likeness (QED) is 0.841. The summed E-state index contributed by atoms with van der Waals surface area (Å²) in [5, 5.41) is 3.07. The molecule has 0 saturated carbocycles. The van der Waals surface area contributed by atoms with Gasteiger partial charge >= 0.3 is 0 Å². The number of carbonyl (C=O) groups excluding carboxylic acids is 1. The van der Waals surface area contributed by atoms with Crippen LogP contribution in [0.25, 0.3) is 0 Å². The van der Waals surface area contributed by atoms with Crippen LogP contribution in [0, 0.1) is 0 Å². The molecule has 2 aromatic rings. The molecule has 0 aliphatic rings. The van der Waals surface area contributed by atoms with Gasteiger partial charge in [0.25, 0.3) is 5.91 Å². The maximum Gasteiger partial charge on any atom is 0.256 e. The number of methoxy groups -OCH3 is 2. The van der Waals surface area contributed by atoms with Crippen molar-refractivity contribution in [2.45, 2.75) is 13.8 Å². The average Bonchev–Trinajstić information content (AvgIpc) is 2.63. The molecule has 128 valence electrons. The monoisotopic (exact) mass is 330 g/mol. The van der Waals surface area contributed by atoms with E-state index in [1.807, 2.05) is 19.9 Å². The Hall–Kier alpha value is -2.83. The molecule has 0 unspecified atom stereocenters. The van der Waals surface area contributed by atoms with Crippen molar-refractivity contribution < 1.29 is 14.3 Å². The summed E-state index contributed by atoms with van der Waals surface area (Å²) in [6, 6.07) is 5.41. The Morgan fingerprint density at radius 1 is 1.08 bits per heavy atom. The fourth-order valence-electron chi connectivity index (χ4n) is 2.24. The van der Waals surface area contributed by atoms with E-state index in [9.17, 15) is 4.79 Å². The van der Waals surface area contributed by atoms with Gasteiger partial charge in [-0.05, 0) is 26.0 Å². The highest BCUT2D eigenvalue weighted by Crippen LogP contribution is 2.30. The standard InChI is InChI=1S/C17H22N4O3/c1-5-21(6-2)16(22)12-10-18-17(19-11-12)20-13-7-8-14(23-3)15(9-13)24-4/h7-11H,5-6H2,1-4H3,(H,18,19,20). The molecule has 0 aliphatic heterocycles. The first kappa shape index (κ1) is 17.5. The highest BCUT2D eigenvalue weighted by Gasteiger charge is 2.13. The molecule has 0 radical (unpaired) electrons. The van der Waals surface area contributed by atoms with E-state index in [1.54, 1.807) is 31.3 Å². The van der Waals surface area contributed by atoms with E-state index in [4.69, 9.17) is 9.47 Å². The van der Waals surface area contributed by atoms with Crippen molar-refractivity contribution in [2.24, 2.45) is 0 Å². The Morgan fingerprint density at radius 3 is 2.25 bits per heavy atom. The number of rotatable bonds is 7. The van der Waals surface area contributed by atoms with Crippen molar-refractivity contribution in [3.8, 4) is 11.5 Å². The first-order chi connectivity index (χ1) is 11.6. The number of carbonyl (C=O) groups is 1. The second-order valence-electron chi connectivity index (χ2n) is 4.97. The molecule has 0 atom stereocenters. The molecule has 1 amide bonds. The van der Waals surface area contributed by atoms with Gasteiger partial charge in [0, 0.05) is 37.2 Å². The molecule has 0 saturated heterocycles. The van der Waals surface area contributed by atoms with E-state index in [0.29, 0.717) is 36.1 Å². The van der Waals surface area contributed by atoms with Gasteiger partial charge in [-0.1, -0.05) is 0 Å². The van der Waals surface area contributed by atoms with Crippen LogP contribution in [0.3, 0.4) is 0 Å². The van der Waals surface area contributed by atoms with E-state index >= 15 is 0 Å². The van der Waals surface area contributed by atoms with Gasteiger partial charge in [0.15, 0.2) is 11.5 Å². The molecule has 1 aromatic heterocycles.